The maximum atomic E-state index is 11.2. The van der Waals surface area contributed by atoms with Crippen molar-refractivity contribution in [2.75, 3.05) is 6.61 Å². The third-order valence-corrected chi connectivity index (χ3v) is 2.25. The van der Waals surface area contributed by atoms with Gasteiger partial charge in [0.1, 0.15) is 0 Å². The fourth-order valence-corrected chi connectivity index (χ4v) is 1.23. The van der Waals surface area contributed by atoms with Crippen molar-refractivity contribution in [1.82, 2.24) is 10.5 Å². The maximum absolute atomic E-state index is 11.2. The molecule has 8 heteroatoms. The van der Waals surface area contributed by atoms with Gasteiger partial charge in [-0.05, 0) is 6.07 Å². The molecule has 0 aromatic heterocycles. The smallest absolute Gasteiger partial charge is 0.253 e. The molecule has 0 aliphatic carbocycles. The van der Waals surface area contributed by atoms with Crippen LogP contribution in [0.15, 0.2) is 12.1 Å². The summed E-state index contributed by atoms with van der Waals surface area (Å²) in [5.74, 6) is 3.23. The average Bonchev–Trinajstić information content (AvgIpc) is 2.35. The monoisotopic (exact) mass is 257 g/mol. The molecule has 0 saturated heterocycles. The van der Waals surface area contributed by atoms with Crippen LogP contribution in [-0.4, -0.2) is 38.1 Å². The summed E-state index contributed by atoms with van der Waals surface area (Å²) >= 11 is 0. The Labute approximate surface area is 103 Å². The van der Waals surface area contributed by atoms with E-state index in [2.05, 4.69) is 5.43 Å². The highest BCUT2D eigenvalue weighted by molar-refractivity contribution is 5.75. The number of hydrogen-bond donors (Lipinski definition) is 6. The van der Waals surface area contributed by atoms with E-state index in [1.54, 1.807) is 0 Å². The van der Waals surface area contributed by atoms with Crippen LogP contribution in [0.5, 0.6) is 17.2 Å². The molecule has 0 bridgehead atoms. The number of nitrogens with zero attached hydrogens (tertiary/aromatic N) is 1. The molecule has 18 heavy (non-hydrogen) atoms. The third kappa shape index (κ3) is 3.23. The first-order valence-corrected chi connectivity index (χ1v) is 5.12. The Bertz CT molecular complexity index is 438. The van der Waals surface area contributed by atoms with E-state index in [9.17, 15) is 15.0 Å². The van der Waals surface area contributed by atoms with E-state index in [0.717, 1.165) is 0 Å². The van der Waals surface area contributed by atoms with Gasteiger partial charge in [0, 0.05) is 12.1 Å². The number of phenols is 3. The van der Waals surface area contributed by atoms with Gasteiger partial charge in [-0.3, -0.25) is 4.79 Å². The lowest BCUT2D eigenvalue weighted by Gasteiger charge is -2.17. The normalized spacial score (nSPS) is 10.3. The maximum Gasteiger partial charge on any atom is 0.253 e. The van der Waals surface area contributed by atoms with Crippen molar-refractivity contribution in [1.29, 1.82) is 0 Å². The molecule has 1 amide bonds. The van der Waals surface area contributed by atoms with Gasteiger partial charge in [-0.2, -0.15) is 0 Å². The zero-order valence-electron chi connectivity index (χ0n) is 9.50. The number of phenolic OH excluding ortho intramolecular Hbond substituents is 3. The van der Waals surface area contributed by atoms with Crippen molar-refractivity contribution in [2.24, 2.45) is 5.84 Å². The summed E-state index contributed by atoms with van der Waals surface area (Å²) in [5.41, 5.74) is 2.72. The Morgan fingerprint density at radius 3 is 2.56 bits per heavy atom. The van der Waals surface area contributed by atoms with Crippen LogP contribution in [0.4, 0.5) is 0 Å². The van der Waals surface area contributed by atoms with Gasteiger partial charge in [0.2, 0.25) is 5.75 Å². The highest BCUT2D eigenvalue weighted by Gasteiger charge is 2.13. The molecule has 1 aromatic rings. The van der Waals surface area contributed by atoms with Crippen LogP contribution in [0.1, 0.15) is 12.0 Å². The molecule has 0 spiro atoms. The summed E-state index contributed by atoms with van der Waals surface area (Å²) in [7, 11) is 0. The van der Waals surface area contributed by atoms with Gasteiger partial charge in [-0.1, -0.05) is 6.07 Å². The van der Waals surface area contributed by atoms with E-state index in [1.807, 2.05) is 0 Å². The molecule has 0 fully saturated rings. The summed E-state index contributed by atoms with van der Waals surface area (Å²) in [6, 6.07) is 2.56. The lowest BCUT2D eigenvalue weighted by molar-refractivity contribution is -0.135. The van der Waals surface area contributed by atoms with Crippen LogP contribution >= 0.6 is 0 Å². The number of aliphatic hydroxyl groups is 1. The Morgan fingerprint density at radius 1 is 1.28 bits per heavy atom. The van der Waals surface area contributed by atoms with E-state index >= 15 is 0 Å². The lowest BCUT2D eigenvalue weighted by atomic mass is 10.2. The van der Waals surface area contributed by atoms with E-state index in [-0.39, 0.29) is 25.1 Å². The molecule has 0 aliphatic rings. The van der Waals surface area contributed by atoms with E-state index in [1.165, 1.54) is 12.1 Å². The van der Waals surface area contributed by atoms with Crippen molar-refractivity contribution in [3.8, 4) is 17.2 Å². The topological polar surface area (TPSA) is 139 Å². The summed E-state index contributed by atoms with van der Waals surface area (Å²) in [4.78, 5) is 11.2. The number of hydrogen-bond acceptors (Lipinski definition) is 7. The van der Waals surface area contributed by atoms with Crippen molar-refractivity contribution < 1.29 is 25.2 Å². The number of aromatic hydroxyl groups is 3. The number of aliphatic hydroxyl groups excluding tert-OH is 1. The molecular weight excluding hydrogens is 242 g/mol. The van der Waals surface area contributed by atoms with Crippen LogP contribution in [0.3, 0.4) is 0 Å². The lowest BCUT2D eigenvalue weighted by Crippen LogP contribution is -2.47. The molecular formula is C10H15N3O5. The van der Waals surface area contributed by atoms with E-state index < -0.39 is 23.2 Å². The zero-order chi connectivity index (χ0) is 13.7. The molecule has 0 saturated carbocycles. The van der Waals surface area contributed by atoms with Crippen molar-refractivity contribution in [3.63, 3.8) is 0 Å². The summed E-state index contributed by atoms with van der Waals surface area (Å²) in [6.45, 7) is -0.354. The number of hydrazine groups is 2. The molecule has 0 heterocycles. The highest BCUT2D eigenvalue weighted by atomic mass is 16.3. The van der Waals surface area contributed by atoms with Gasteiger partial charge in [0.25, 0.3) is 5.91 Å². The summed E-state index contributed by atoms with van der Waals surface area (Å²) in [6.07, 6.45) is -0.129. The molecule has 0 atom stereocenters. The minimum Gasteiger partial charge on any atom is -0.504 e. The van der Waals surface area contributed by atoms with Crippen LogP contribution in [0, 0.1) is 0 Å². The number of rotatable bonds is 5. The SMILES string of the molecule is NN(NCc1ccc(O)c(O)c1O)C(=O)CCO. The second kappa shape index (κ2) is 6.05. The quantitative estimate of drug-likeness (QED) is 0.170. The number of nitrogens with one attached hydrogen (secondary N) is 1. The third-order valence-electron chi connectivity index (χ3n) is 2.25. The summed E-state index contributed by atoms with van der Waals surface area (Å²) < 4.78 is 0. The summed E-state index contributed by atoms with van der Waals surface area (Å²) in [5, 5.41) is 37.1. The van der Waals surface area contributed by atoms with Gasteiger partial charge in [0.15, 0.2) is 11.5 Å². The first kappa shape index (κ1) is 14.0. The number of amides is 1. The second-order valence-corrected chi connectivity index (χ2v) is 3.51. The van der Waals surface area contributed by atoms with Crippen LogP contribution in [-0.2, 0) is 11.3 Å². The number of benzene rings is 1. The van der Waals surface area contributed by atoms with E-state index in [4.69, 9.17) is 16.1 Å². The first-order valence-electron chi connectivity index (χ1n) is 5.12. The van der Waals surface area contributed by atoms with Gasteiger partial charge < -0.3 is 20.4 Å². The average molecular weight is 257 g/mol. The molecule has 0 aliphatic heterocycles. The predicted octanol–water partition coefficient (Wildman–Crippen LogP) is -1.11. The Morgan fingerprint density at radius 2 is 1.94 bits per heavy atom. The largest absolute Gasteiger partial charge is 0.504 e. The van der Waals surface area contributed by atoms with Gasteiger partial charge >= 0.3 is 0 Å². The molecule has 8 nitrogen and oxygen atoms in total. The van der Waals surface area contributed by atoms with Gasteiger partial charge in [-0.25, -0.2) is 16.4 Å². The molecule has 100 valence electrons. The van der Waals surface area contributed by atoms with Gasteiger partial charge in [-0.15, -0.1) is 0 Å². The standard InChI is InChI=1S/C10H15N3O5/c11-13(8(16)3-4-14)12-5-6-1-2-7(15)10(18)9(6)17/h1-2,12,14-15,17-18H,3-5,11H2. The first-order chi connectivity index (χ1) is 8.47. The van der Waals surface area contributed by atoms with Crippen molar-refractivity contribution >= 4 is 5.91 Å². The predicted molar refractivity (Wildman–Crippen MR) is 61.0 cm³/mol. The number of carbonyl (C=O) groups excluding carboxylic acids is 1. The minimum atomic E-state index is -0.639. The minimum absolute atomic E-state index is 0.0344. The fourth-order valence-electron chi connectivity index (χ4n) is 1.23. The Kier molecular flexibility index (Phi) is 4.72. The van der Waals surface area contributed by atoms with Crippen LogP contribution < -0.4 is 11.3 Å². The second-order valence-electron chi connectivity index (χ2n) is 3.51. The molecule has 0 unspecified atom stereocenters. The highest BCUT2D eigenvalue weighted by Crippen LogP contribution is 2.36. The van der Waals surface area contributed by atoms with Crippen molar-refractivity contribution in [3.05, 3.63) is 17.7 Å². The number of nitrogens with two attached hydrogens (primary N) is 1. The van der Waals surface area contributed by atoms with Gasteiger partial charge in [0.05, 0.1) is 13.0 Å². The van der Waals surface area contributed by atoms with Crippen LogP contribution in [0.25, 0.3) is 0 Å². The molecule has 1 aromatic carbocycles. The Hall–Kier alpha value is -2.03. The molecule has 7 N–H and O–H groups in total. The molecule has 1 rings (SSSR count). The van der Waals surface area contributed by atoms with Crippen molar-refractivity contribution in [2.45, 2.75) is 13.0 Å². The number of carbonyl (C=O) groups is 1. The van der Waals surface area contributed by atoms with E-state index in [0.29, 0.717) is 5.12 Å². The fraction of sp³-hybridized carbons (Fsp3) is 0.300. The zero-order valence-corrected chi connectivity index (χ0v) is 9.50. The van der Waals surface area contributed by atoms with Crippen LogP contribution in [0.2, 0.25) is 0 Å². The Balaban J connectivity index is 2.64. The molecule has 0 radical (unpaired) electrons.